The fraction of sp³-hybridized carbons (Fsp3) is 0.875. The smallest absolute Gasteiger partial charge is 0.176 e. The van der Waals surface area contributed by atoms with Gasteiger partial charge in [0.2, 0.25) is 0 Å². The van der Waals surface area contributed by atoms with Crippen molar-refractivity contribution in [1.29, 1.82) is 5.26 Å². The Morgan fingerprint density at radius 2 is 2.18 bits per heavy atom. The standard InChI is InChI=1S/C8H17N3/c1-8(11(2)3)5-4-6-10-7-9/h8,10H,4-6H2,1-3H3. The number of hydrogen-bond acceptors (Lipinski definition) is 3. The summed E-state index contributed by atoms with van der Waals surface area (Å²) in [5.41, 5.74) is 0. The minimum Gasteiger partial charge on any atom is -0.324 e. The molecule has 0 bridgehead atoms. The lowest BCUT2D eigenvalue weighted by Gasteiger charge is -2.18. The maximum atomic E-state index is 8.17. The van der Waals surface area contributed by atoms with E-state index >= 15 is 0 Å². The van der Waals surface area contributed by atoms with Crippen molar-refractivity contribution < 1.29 is 0 Å². The van der Waals surface area contributed by atoms with E-state index in [2.05, 4.69) is 31.2 Å². The van der Waals surface area contributed by atoms with Crippen LogP contribution in [0, 0.1) is 11.5 Å². The van der Waals surface area contributed by atoms with Crippen molar-refractivity contribution in [2.75, 3.05) is 20.6 Å². The fourth-order valence-electron chi connectivity index (χ4n) is 0.800. The van der Waals surface area contributed by atoms with Gasteiger partial charge in [-0.25, -0.2) is 0 Å². The van der Waals surface area contributed by atoms with Gasteiger partial charge in [0.05, 0.1) is 0 Å². The van der Waals surface area contributed by atoms with E-state index in [9.17, 15) is 0 Å². The lowest BCUT2D eigenvalue weighted by Crippen LogP contribution is -2.25. The van der Waals surface area contributed by atoms with Crippen LogP contribution in [0.3, 0.4) is 0 Å². The summed E-state index contributed by atoms with van der Waals surface area (Å²) in [6.07, 6.45) is 4.11. The molecule has 0 aromatic rings. The van der Waals surface area contributed by atoms with E-state index in [4.69, 9.17) is 5.26 Å². The fourth-order valence-corrected chi connectivity index (χ4v) is 0.800. The van der Waals surface area contributed by atoms with Gasteiger partial charge in [-0.1, -0.05) is 0 Å². The number of nitrogens with zero attached hydrogens (tertiary/aromatic N) is 2. The molecule has 0 heterocycles. The average Bonchev–Trinajstić information content (AvgIpc) is 1.97. The third-order valence-corrected chi connectivity index (χ3v) is 1.88. The summed E-state index contributed by atoms with van der Waals surface area (Å²) in [7, 11) is 4.14. The van der Waals surface area contributed by atoms with Crippen molar-refractivity contribution in [3.8, 4) is 6.19 Å². The first kappa shape index (κ1) is 10.2. The summed E-state index contributed by atoms with van der Waals surface area (Å²) in [6, 6.07) is 0.607. The van der Waals surface area contributed by atoms with Gasteiger partial charge in [-0.3, -0.25) is 0 Å². The summed E-state index contributed by atoms with van der Waals surface area (Å²) < 4.78 is 0. The van der Waals surface area contributed by atoms with Crippen molar-refractivity contribution in [3.63, 3.8) is 0 Å². The molecule has 0 amide bonds. The van der Waals surface area contributed by atoms with E-state index in [-0.39, 0.29) is 0 Å². The van der Waals surface area contributed by atoms with Crippen LogP contribution in [0.5, 0.6) is 0 Å². The van der Waals surface area contributed by atoms with E-state index < -0.39 is 0 Å². The molecule has 0 aromatic carbocycles. The van der Waals surface area contributed by atoms with Crippen LogP contribution in [0.4, 0.5) is 0 Å². The second-order valence-corrected chi connectivity index (χ2v) is 2.99. The minimum absolute atomic E-state index is 0.607. The van der Waals surface area contributed by atoms with Gasteiger partial charge in [-0.15, -0.1) is 0 Å². The number of nitrogens with one attached hydrogen (secondary N) is 1. The van der Waals surface area contributed by atoms with E-state index in [1.165, 1.54) is 0 Å². The van der Waals surface area contributed by atoms with Crippen molar-refractivity contribution in [1.82, 2.24) is 10.2 Å². The Hall–Kier alpha value is -0.750. The predicted octanol–water partition coefficient (Wildman–Crippen LogP) is 0.787. The van der Waals surface area contributed by atoms with Crippen LogP contribution in [0.15, 0.2) is 0 Å². The molecule has 0 saturated heterocycles. The Morgan fingerprint density at radius 1 is 1.55 bits per heavy atom. The highest BCUT2D eigenvalue weighted by atomic mass is 15.1. The van der Waals surface area contributed by atoms with Gasteiger partial charge in [0.25, 0.3) is 0 Å². The lowest BCUT2D eigenvalue weighted by molar-refractivity contribution is 0.294. The Morgan fingerprint density at radius 3 is 2.64 bits per heavy atom. The zero-order valence-corrected chi connectivity index (χ0v) is 7.59. The Balaban J connectivity index is 3.19. The third kappa shape index (κ3) is 5.68. The predicted molar refractivity (Wildman–Crippen MR) is 46.0 cm³/mol. The molecule has 0 radical (unpaired) electrons. The molecule has 0 aliphatic heterocycles. The minimum atomic E-state index is 0.607. The molecule has 64 valence electrons. The first-order valence-corrected chi connectivity index (χ1v) is 3.97. The summed E-state index contributed by atoms with van der Waals surface area (Å²) in [6.45, 7) is 2.99. The van der Waals surface area contributed by atoms with E-state index in [0.29, 0.717) is 6.04 Å². The SMILES string of the molecule is CC(CCCNC#N)N(C)C. The summed E-state index contributed by atoms with van der Waals surface area (Å²) in [5.74, 6) is 0. The van der Waals surface area contributed by atoms with Crippen LogP contribution in [0.25, 0.3) is 0 Å². The van der Waals surface area contributed by atoms with Gasteiger partial charge in [0, 0.05) is 12.6 Å². The first-order valence-electron chi connectivity index (χ1n) is 3.97. The zero-order valence-electron chi connectivity index (χ0n) is 7.59. The van der Waals surface area contributed by atoms with Gasteiger partial charge in [-0.05, 0) is 33.9 Å². The summed E-state index contributed by atoms with van der Waals surface area (Å²) in [4.78, 5) is 2.19. The van der Waals surface area contributed by atoms with Gasteiger partial charge in [-0.2, -0.15) is 5.26 Å². The maximum absolute atomic E-state index is 8.17. The molecule has 0 saturated carbocycles. The quantitative estimate of drug-likeness (QED) is 0.362. The van der Waals surface area contributed by atoms with E-state index in [1.54, 1.807) is 0 Å². The molecule has 0 rings (SSSR count). The van der Waals surface area contributed by atoms with E-state index in [0.717, 1.165) is 19.4 Å². The molecule has 1 unspecified atom stereocenters. The lowest BCUT2D eigenvalue weighted by atomic mass is 10.2. The van der Waals surface area contributed by atoms with Crippen LogP contribution >= 0.6 is 0 Å². The highest BCUT2D eigenvalue weighted by Crippen LogP contribution is 2.00. The Kier molecular flexibility index (Phi) is 5.58. The van der Waals surface area contributed by atoms with Crippen molar-refractivity contribution in [2.45, 2.75) is 25.8 Å². The molecular formula is C8H17N3. The van der Waals surface area contributed by atoms with Crippen LogP contribution in [-0.4, -0.2) is 31.6 Å². The molecule has 1 atom stereocenters. The molecule has 3 nitrogen and oxygen atoms in total. The van der Waals surface area contributed by atoms with Crippen LogP contribution in [0.2, 0.25) is 0 Å². The Bertz CT molecular complexity index is 126. The normalized spacial score (nSPS) is 12.6. The van der Waals surface area contributed by atoms with Gasteiger partial charge >= 0.3 is 0 Å². The molecular weight excluding hydrogens is 138 g/mol. The maximum Gasteiger partial charge on any atom is 0.176 e. The third-order valence-electron chi connectivity index (χ3n) is 1.88. The average molecular weight is 155 g/mol. The first-order chi connectivity index (χ1) is 5.18. The zero-order chi connectivity index (χ0) is 8.69. The highest BCUT2D eigenvalue weighted by molar-refractivity contribution is 4.66. The number of hydrogen-bond donors (Lipinski definition) is 1. The molecule has 0 aromatic heterocycles. The van der Waals surface area contributed by atoms with Crippen molar-refractivity contribution in [2.24, 2.45) is 0 Å². The molecule has 11 heavy (non-hydrogen) atoms. The van der Waals surface area contributed by atoms with Crippen LogP contribution in [0.1, 0.15) is 19.8 Å². The summed E-state index contributed by atoms with van der Waals surface area (Å²) in [5, 5.41) is 10.8. The molecule has 0 fully saturated rings. The molecule has 3 heteroatoms. The largest absolute Gasteiger partial charge is 0.324 e. The number of rotatable bonds is 5. The second-order valence-electron chi connectivity index (χ2n) is 2.99. The highest BCUT2D eigenvalue weighted by Gasteiger charge is 2.02. The molecule has 0 aliphatic rings. The van der Waals surface area contributed by atoms with Gasteiger partial charge < -0.3 is 10.2 Å². The van der Waals surface area contributed by atoms with Gasteiger partial charge in [0.15, 0.2) is 6.19 Å². The molecule has 0 spiro atoms. The van der Waals surface area contributed by atoms with Crippen LogP contribution in [-0.2, 0) is 0 Å². The van der Waals surface area contributed by atoms with Crippen LogP contribution < -0.4 is 5.32 Å². The topological polar surface area (TPSA) is 39.1 Å². The molecule has 0 aliphatic carbocycles. The monoisotopic (exact) mass is 155 g/mol. The Labute approximate surface area is 69.0 Å². The number of nitriles is 1. The molecule has 1 N–H and O–H groups in total. The van der Waals surface area contributed by atoms with E-state index in [1.807, 2.05) is 6.19 Å². The van der Waals surface area contributed by atoms with Gasteiger partial charge in [0.1, 0.15) is 0 Å². The van der Waals surface area contributed by atoms with Crippen molar-refractivity contribution in [3.05, 3.63) is 0 Å². The summed E-state index contributed by atoms with van der Waals surface area (Å²) >= 11 is 0. The second kappa shape index (κ2) is 5.99. The van der Waals surface area contributed by atoms with Crippen molar-refractivity contribution >= 4 is 0 Å².